The molecule has 2 heterocycles. The van der Waals surface area contributed by atoms with Crippen LogP contribution in [0.4, 0.5) is 0 Å². The molecular weight excluding hydrogens is 438 g/mol. The van der Waals surface area contributed by atoms with Gasteiger partial charge in [0.05, 0.1) is 22.8 Å². The Morgan fingerprint density at radius 3 is 2.50 bits per heavy atom. The van der Waals surface area contributed by atoms with Gasteiger partial charge in [0.2, 0.25) is 0 Å². The van der Waals surface area contributed by atoms with Gasteiger partial charge in [0.1, 0.15) is 17.9 Å². The summed E-state index contributed by atoms with van der Waals surface area (Å²) in [5.74, 6) is 0.998. The van der Waals surface area contributed by atoms with Gasteiger partial charge in [-0.1, -0.05) is 58.2 Å². The maximum absolute atomic E-state index is 7.18. The van der Waals surface area contributed by atoms with Crippen molar-refractivity contribution in [2.75, 3.05) is 6.61 Å². The number of benzene rings is 1. The third-order valence-corrected chi connectivity index (χ3v) is 12.6. The van der Waals surface area contributed by atoms with Crippen LogP contribution in [-0.2, 0) is 22.3 Å². The van der Waals surface area contributed by atoms with E-state index in [1.54, 1.807) is 0 Å². The highest BCUT2D eigenvalue weighted by Gasteiger charge is 2.44. The molecule has 0 bridgehead atoms. The SMILES string of the molecule is CCOCc1nc2cnc3ccccc3c2n1CCCC1(O[Si](C)(C)C(C)(C)C)CCCCC1. The Morgan fingerprint density at radius 1 is 1.06 bits per heavy atom. The van der Waals surface area contributed by atoms with Crippen LogP contribution in [0, 0.1) is 0 Å². The fourth-order valence-electron chi connectivity index (χ4n) is 5.21. The van der Waals surface area contributed by atoms with Gasteiger partial charge >= 0.3 is 0 Å². The van der Waals surface area contributed by atoms with Crippen molar-refractivity contribution in [3.8, 4) is 0 Å². The highest BCUT2D eigenvalue weighted by Crippen LogP contribution is 2.45. The molecule has 2 aromatic heterocycles. The topological polar surface area (TPSA) is 49.2 Å². The van der Waals surface area contributed by atoms with E-state index in [1.165, 1.54) is 43.0 Å². The monoisotopic (exact) mass is 481 g/mol. The third kappa shape index (κ3) is 5.24. The number of fused-ring (bicyclic) bond motifs is 3. The van der Waals surface area contributed by atoms with Gasteiger partial charge in [-0.3, -0.25) is 4.98 Å². The molecule has 0 amide bonds. The van der Waals surface area contributed by atoms with E-state index in [2.05, 4.69) is 61.6 Å². The van der Waals surface area contributed by atoms with Crippen LogP contribution in [0.5, 0.6) is 0 Å². The summed E-state index contributed by atoms with van der Waals surface area (Å²) in [6.45, 7) is 16.1. The van der Waals surface area contributed by atoms with Crippen LogP contribution in [0.15, 0.2) is 30.5 Å². The van der Waals surface area contributed by atoms with Crippen LogP contribution in [-0.4, -0.2) is 35.1 Å². The van der Waals surface area contributed by atoms with Crippen molar-refractivity contribution in [3.05, 3.63) is 36.3 Å². The number of pyridine rings is 1. The molecule has 1 saturated carbocycles. The van der Waals surface area contributed by atoms with Crippen LogP contribution in [0.2, 0.25) is 18.1 Å². The zero-order valence-corrected chi connectivity index (χ0v) is 23.1. The Hall–Kier alpha value is -1.76. The van der Waals surface area contributed by atoms with E-state index in [0.29, 0.717) is 13.2 Å². The van der Waals surface area contributed by atoms with Gasteiger partial charge in [0.15, 0.2) is 8.32 Å². The minimum Gasteiger partial charge on any atom is -0.411 e. The first-order valence-electron chi connectivity index (χ1n) is 13.2. The van der Waals surface area contributed by atoms with Gasteiger partial charge < -0.3 is 13.7 Å². The molecule has 1 aliphatic rings. The highest BCUT2D eigenvalue weighted by molar-refractivity contribution is 6.74. The largest absolute Gasteiger partial charge is 0.411 e. The van der Waals surface area contributed by atoms with E-state index in [0.717, 1.165) is 36.2 Å². The summed E-state index contributed by atoms with van der Waals surface area (Å²) in [7, 11) is -1.84. The number of rotatable bonds is 9. The van der Waals surface area contributed by atoms with Crippen LogP contribution in [0.25, 0.3) is 21.9 Å². The number of imidazole rings is 1. The lowest BCUT2D eigenvalue weighted by Gasteiger charge is -2.48. The molecule has 0 N–H and O–H groups in total. The molecule has 0 radical (unpaired) electrons. The van der Waals surface area contributed by atoms with Crippen molar-refractivity contribution in [2.45, 2.75) is 110 Å². The summed E-state index contributed by atoms with van der Waals surface area (Å²) in [6.07, 6.45) is 10.4. The molecule has 0 unspecified atom stereocenters. The Labute approximate surface area is 206 Å². The predicted molar refractivity (Wildman–Crippen MR) is 144 cm³/mol. The molecule has 0 aliphatic heterocycles. The van der Waals surface area contributed by atoms with Crippen LogP contribution < -0.4 is 0 Å². The summed E-state index contributed by atoms with van der Waals surface area (Å²) in [6, 6.07) is 8.38. The van der Waals surface area contributed by atoms with Gasteiger partial charge in [-0.15, -0.1) is 0 Å². The fraction of sp³-hybridized carbons (Fsp3) is 0.643. The zero-order valence-electron chi connectivity index (χ0n) is 22.1. The quantitative estimate of drug-likeness (QED) is 0.295. The number of ether oxygens (including phenoxy) is 1. The van der Waals surface area contributed by atoms with E-state index in [4.69, 9.17) is 14.1 Å². The smallest absolute Gasteiger partial charge is 0.192 e. The lowest BCUT2D eigenvalue weighted by atomic mass is 9.82. The summed E-state index contributed by atoms with van der Waals surface area (Å²) in [5, 5.41) is 1.40. The molecule has 3 aromatic rings. The van der Waals surface area contributed by atoms with Crippen LogP contribution >= 0.6 is 0 Å². The van der Waals surface area contributed by atoms with Crippen molar-refractivity contribution in [2.24, 2.45) is 0 Å². The number of hydrogen-bond acceptors (Lipinski definition) is 4. The van der Waals surface area contributed by atoms with E-state index in [-0.39, 0.29) is 10.6 Å². The van der Waals surface area contributed by atoms with E-state index < -0.39 is 8.32 Å². The van der Waals surface area contributed by atoms with Crippen LogP contribution in [0.1, 0.15) is 78.5 Å². The van der Waals surface area contributed by atoms with Crippen molar-refractivity contribution in [1.29, 1.82) is 0 Å². The van der Waals surface area contributed by atoms with Crippen molar-refractivity contribution in [3.63, 3.8) is 0 Å². The summed E-state index contributed by atoms with van der Waals surface area (Å²) in [4.78, 5) is 9.57. The van der Waals surface area contributed by atoms with Gasteiger partial charge in [-0.2, -0.15) is 0 Å². The Balaban J connectivity index is 1.62. The molecule has 34 heavy (non-hydrogen) atoms. The van der Waals surface area contributed by atoms with Crippen molar-refractivity contribution < 1.29 is 9.16 Å². The van der Waals surface area contributed by atoms with Gasteiger partial charge in [-0.05, 0) is 56.8 Å². The predicted octanol–water partition coefficient (Wildman–Crippen LogP) is 7.63. The molecule has 5 nitrogen and oxygen atoms in total. The molecule has 4 rings (SSSR count). The average Bonchev–Trinajstić information content (AvgIpc) is 3.15. The van der Waals surface area contributed by atoms with E-state index in [1.807, 2.05) is 19.2 Å². The van der Waals surface area contributed by atoms with Gasteiger partial charge in [0.25, 0.3) is 0 Å². The first-order valence-corrected chi connectivity index (χ1v) is 16.1. The molecule has 0 atom stereocenters. The van der Waals surface area contributed by atoms with Gasteiger partial charge in [-0.25, -0.2) is 4.98 Å². The normalized spacial score (nSPS) is 17.0. The standard InChI is InChI=1S/C28H43N3O2Si/c1-7-32-21-25-30-24-20-29-23-15-10-9-14-22(23)26(24)31(25)19-13-18-28(16-11-8-12-17-28)33-34(5,6)27(2,3)4/h9-10,14-15,20H,7-8,11-13,16-19,21H2,1-6H3. The number of aryl methyl sites for hydroxylation is 1. The maximum Gasteiger partial charge on any atom is 0.192 e. The Morgan fingerprint density at radius 2 is 1.79 bits per heavy atom. The molecule has 0 saturated heterocycles. The van der Waals surface area contributed by atoms with Crippen molar-refractivity contribution in [1.82, 2.24) is 14.5 Å². The first kappa shape index (κ1) is 25.3. The molecular formula is C28H43N3O2Si. The maximum atomic E-state index is 7.18. The third-order valence-electron chi connectivity index (χ3n) is 8.05. The van der Waals surface area contributed by atoms with Crippen molar-refractivity contribution >= 4 is 30.3 Å². The molecule has 6 heteroatoms. The summed E-state index contributed by atoms with van der Waals surface area (Å²) in [5.41, 5.74) is 3.19. The first-order chi connectivity index (χ1) is 16.2. The number of hydrogen-bond donors (Lipinski definition) is 0. The lowest BCUT2D eigenvalue weighted by molar-refractivity contribution is 0.00598. The number of aromatic nitrogens is 3. The van der Waals surface area contributed by atoms with E-state index >= 15 is 0 Å². The molecule has 1 aliphatic carbocycles. The molecule has 0 spiro atoms. The number of nitrogens with zero attached hydrogens (tertiary/aromatic N) is 3. The Kier molecular flexibility index (Phi) is 7.51. The molecule has 1 fully saturated rings. The minimum absolute atomic E-state index is 0.0291. The Bertz CT molecular complexity index is 1110. The van der Waals surface area contributed by atoms with Gasteiger partial charge in [0, 0.05) is 18.5 Å². The second-order valence-electron chi connectivity index (χ2n) is 11.5. The molecule has 186 valence electrons. The summed E-state index contributed by atoms with van der Waals surface area (Å²) >= 11 is 0. The van der Waals surface area contributed by atoms with E-state index in [9.17, 15) is 0 Å². The lowest BCUT2D eigenvalue weighted by Crippen LogP contribution is -2.50. The minimum atomic E-state index is -1.84. The molecule has 1 aromatic carbocycles. The second kappa shape index (κ2) is 10.1. The zero-order chi connectivity index (χ0) is 24.4. The fourth-order valence-corrected chi connectivity index (χ4v) is 6.90. The van der Waals surface area contributed by atoms with Crippen LogP contribution in [0.3, 0.4) is 0 Å². The number of para-hydroxylation sites is 1. The average molecular weight is 482 g/mol. The summed E-state index contributed by atoms with van der Waals surface area (Å²) < 4.78 is 15.4. The second-order valence-corrected chi connectivity index (χ2v) is 16.3. The highest BCUT2D eigenvalue weighted by atomic mass is 28.4.